The first kappa shape index (κ1) is 6.71. The lowest BCUT2D eigenvalue weighted by Crippen LogP contribution is -1.91. The molecule has 62 valence electrons. The largest absolute Gasteiger partial charge is 0.0585 e. The molecule has 0 N–H and O–H groups in total. The van der Waals surface area contributed by atoms with Crippen LogP contribution in [0.5, 0.6) is 0 Å². The number of aryl methyl sites for hydroxylation is 2. The summed E-state index contributed by atoms with van der Waals surface area (Å²) in [4.78, 5) is 0. The lowest BCUT2D eigenvalue weighted by molar-refractivity contribution is 0.888. The predicted octanol–water partition coefficient (Wildman–Crippen LogP) is 2.66. The Kier molecular flexibility index (Phi) is 1.31. The Labute approximate surface area is 73.6 Å². The average molecular weight is 158 g/mol. The van der Waals surface area contributed by atoms with Gasteiger partial charge in [-0.3, -0.25) is 0 Å². The molecule has 0 heterocycles. The fourth-order valence-electron chi connectivity index (χ4n) is 2.79. The molecular formula is C12H14. The fraction of sp³-hybridized carbons (Fsp3) is 0.500. The second kappa shape index (κ2) is 2.35. The molecule has 3 rings (SSSR count). The molecule has 0 nitrogen and oxygen atoms in total. The van der Waals surface area contributed by atoms with E-state index >= 15 is 0 Å². The molecule has 12 heavy (non-hydrogen) atoms. The van der Waals surface area contributed by atoms with Crippen LogP contribution in [0.15, 0.2) is 12.1 Å². The summed E-state index contributed by atoms with van der Waals surface area (Å²) in [7, 11) is 0. The Balaban J connectivity index is 2.24. The molecule has 0 saturated carbocycles. The quantitative estimate of drug-likeness (QED) is 0.544. The van der Waals surface area contributed by atoms with Crippen LogP contribution in [0.2, 0.25) is 0 Å². The maximum absolute atomic E-state index is 2.37. The highest BCUT2D eigenvalue weighted by Crippen LogP contribution is 2.32. The van der Waals surface area contributed by atoms with Gasteiger partial charge in [0.1, 0.15) is 0 Å². The molecule has 0 unspecified atom stereocenters. The molecule has 0 aliphatic heterocycles. The Morgan fingerprint density at radius 2 is 1.17 bits per heavy atom. The van der Waals surface area contributed by atoms with Gasteiger partial charge in [0.15, 0.2) is 0 Å². The molecule has 0 spiro atoms. The lowest BCUT2D eigenvalue weighted by atomic mass is 10.00. The molecule has 1 aromatic rings. The minimum absolute atomic E-state index is 1.34. The minimum Gasteiger partial charge on any atom is -0.0585 e. The van der Waals surface area contributed by atoms with Crippen LogP contribution in [0.25, 0.3) is 0 Å². The van der Waals surface area contributed by atoms with E-state index in [1.807, 2.05) is 0 Å². The van der Waals surface area contributed by atoms with Crippen molar-refractivity contribution < 1.29 is 0 Å². The smallest absolute Gasteiger partial charge is 0.0270 e. The van der Waals surface area contributed by atoms with Crippen LogP contribution in [-0.2, 0) is 25.7 Å². The van der Waals surface area contributed by atoms with Gasteiger partial charge in [0.2, 0.25) is 0 Å². The van der Waals surface area contributed by atoms with Crippen molar-refractivity contribution in [2.24, 2.45) is 0 Å². The van der Waals surface area contributed by atoms with E-state index in [2.05, 4.69) is 12.1 Å². The maximum atomic E-state index is 2.37. The van der Waals surface area contributed by atoms with Gasteiger partial charge in [-0.2, -0.15) is 0 Å². The van der Waals surface area contributed by atoms with Crippen LogP contribution < -0.4 is 0 Å². The van der Waals surface area contributed by atoms with Crippen LogP contribution in [0.1, 0.15) is 35.1 Å². The van der Waals surface area contributed by atoms with E-state index in [1.54, 1.807) is 22.3 Å². The average Bonchev–Trinajstić information content (AvgIpc) is 2.71. The van der Waals surface area contributed by atoms with Gasteiger partial charge in [-0.25, -0.2) is 0 Å². The molecule has 0 radical (unpaired) electrons. The van der Waals surface area contributed by atoms with Gasteiger partial charge < -0.3 is 0 Å². The molecule has 1 aromatic carbocycles. The molecule has 0 heteroatoms. The molecule has 0 aromatic heterocycles. The summed E-state index contributed by atoms with van der Waals surface area (Å²) in [5, 5.41) is 0. The highest BCUT2D eigenvalue weighted by molar-refractivity contribution is 5.45. The molecule has 0 bridgehead atoms. The molecule has 2 aliphatic carbocycles. The predicted molar refractivity (Wildman–Crippen MR) is 50.5 cm³/mol. The minimum atomic E-state index is 1.34. The van der Waals surface area contributed by atoms with Gasteiger partial charge in [-0.15, -0.1) is 0 Å². The van der Waals surface area contributed by atoms with Crippen LogP contribution in [-0.4, -0.2) is 0 Å². The van der Waals surface area contributed by atoms with Crippen molar-refractivity contribution in [1.82, 2.24) is 0 Å². The third kappa shape index (κ3) is 0.782. The summed E-state index contributed by atoms with van der Waals surface area (Å²) in [5.41, 5.74) is 6.75. The van der Waals surface area contributed by atoms with E-state index in [9.17, 15) is 0 Å². The molecule has 2 aliphatic rings. The van der Waals surface area contributed by atoms with E-state index in [0.717, 1.165) is 0 Å². The van der Waals surface area contributed by atoms with Crippen LogP contribution in [0, 0.1) is 0 Å². The third-order valence-electron chi connectivity index (χ3n) is 3.37. The van der Waals surface area contributed by atoms with Crippen LogP contribution in [0.4, 0.5) is 0 Å². The zero-order valence-electron chi connectivity index (χ0n) is 7.40. The first-order valence-corrected chi connectivity index (χ1v) is 5.07. The van der Waals surface area contributed by atoms with Crippen molar-refractivity contribution >= 4 is 0 Å². The Bertz CT molecular complexity index is 290. The first-order chi connectivity index (χ1) is 5.95. The van der Waals surface area contributed by atoms with E-state index in [0.29, 0.717) is 0 Å². The number of rotatable bonds is 0. The van der Waals surface area contributed by atoms with Crippen molar-refractivity contribution in [2.45, 2.75) is 38.5 Å². The fourth-order valence-corrected chi connectivity index (χ4v) is 2.79. The van der Waals surface area contributed by atoms with Crippen LogP contribution in [0.3, 0.4) is 0 Å². The molecule has 0 atom stereocenters. The Hall–Kier alpha value is -0.780. The highest BCUT2D eigenvalue weighted by atomic mass is 14.2. The van der Waals surface area contributed by atoms with Crippen molar-refractivity contribution in [3.8, 4) is 0 Å². The molecular weight excluding hydrogens is 144 g/mol. The number of hydrogen-bond acceptors (Lipinski definition) is 0. The second-order valence-electron chi connectivity index (χ2n) is 4.05. The van der Waals surface area contributed by atoms with Crippen molar-refractivity contribution in [3.63, 3.8) is 0 Å². The summed E-state index contributed by atoms with van der Waals surface area (Å²) in [6, 6.07) is 4.74. The summed E-state index contributed by atoms with van der Waals surface area (Å²) in [6.07, 6.45) is 8.18. The van der Waals surface area contributed by atoms with Gasteiger partial charge in [0.05, 0.1) is 0 Å². The van der Waals surface area contributed by atoms with Crippen molar-refractivity contribution in [3.05, 3.63) is 34.4 Å². The van der Waals surface area contributed by atoms with Gasteiger partial charge in [-0.1, -0.05) is 12.1 Å². The highest BCUT2D eigenvalue weighted by Gasteiger charge is 2.20. The summed E-state index contributed by atoms with van der Waals surface area (Å²) < 4.78 is 0. The normalized spacial score (nSPS) is 19.3. The van der Waals surface area contributed by atoms with Crippen molar-refractivity contribution in [1.29, 1.82) is 0 Å². The monoisotopic (exact) mass is 158 g/mol. The van der Waals surface area contributed by atoms with Gasteiger partial charge in [0, 0.05) is 0 Å². The molecule has 0 fully saturated rings. The number of fused-ring (bicyclic) bond motifs is 3. The summed E-state index contributed by atoms with van der Waals surface area (Å²) in [5.74, 6) is 0. The van der Waals surface area contributed by atoms with E-state index in [-0.39, 0.29) is 0 Å². The maximum Gasteiger partial charge on any atom is -0.0270 e. The van der Waals surface area contributed by atoms with Gasteiger partial charge >= 0.3 is 0 Å². The van der Waals surface area contributed by atoms with Crippen LogP contribution >= 0.6 is 0 Å². The SMILES string of the molecule is c1cc2c(c3c1CCC3)CCC2. The zero-order valence-corrected chi connectivity index (χ0v) is 7.40. The molecule has 0 saturated heterocycles. The number of benzene rings is 1. The van der Waals surface area contributed by atoms with Crippen molar-refractivity contribution in [2.75, 3.05) is 0 Å². The van der Waals surface area contributed by atoms with Gasteiger partial charge in [0.25, 0.3) is 0 Å². The summed E-state index contributed by atoms with van der Waals surface area (Å²) >= 11 is 0. The Morgan fingerprint density at radius 3 is 1.67 bits per heavy atom. The van der Waals surface area contributed by atoms with Gasteiger partial charge in [-0.05, 0) is 60.8 Å². The standard InChI is InChI=1S/C12H14/c1-3-9-7-8-10-4-2-6-12(10)11(9)5-1/h7-8H,1-6H2. The number of hydrogen-bond donors (Lipinski definition) is 0. The Morgan fingerprint density at radius 1 is 0.667 bits per heavy atom. The summed E-state index contributed by atoms with van der Waals surface area (Å²) in [6.45, 7) is 0. The first-order valence-electron chi connectivity index (χ1n) is 5.07. The van der Waals surface area contributed by atoms with E-state index < -0.39 is 0 Å². The lowest BCUT2D eigenvalue weighted by Gasteiger charge is -2.05. The third-order valence-corrected chi connectivity index (χ3v) is 3.37. The molecule has 0 amide bonds. The van der Waals surface area contributed by atoms with E-state index in [1.165, 1.54) is 38.5 Å². The topological polar surface area (TPSA) is 0 Å². The van der Waals surface area contributed by atoms with E-state index in [4.69, 9.17) is 0 Å². The second-order valence-corrected chi connectivity index (χ2v) is 4.05. The zero-order chi connectivity index (χ0) is 7.97.